The standard InChI is InChI=1S/C13H11N5O2.C2H4O2/c14-13-15-4-3-10(18-13)17-8-2-1-7-6-16-11(12(19)20)9(7)5-8;1-2(3)4/h1-5H,6H2,(H,19,20)(H3,14,15,17,18);1H3,(H,3,4). The van der Waals surface area contributed by atoms with Gasteiger partial charge in [0.05, 0.1) is 6.54 Å². The topological polar surface area (TPSA) is 151 Å². The van der Waals surface area contributed by atoms with Crippen LogP contribution in [0.1, 0.15) is 18.1 Å². The average Bonchev–Trinajstić information content (AvgIpc) is 2.90. The third-order valence-electron chi connectivity index (χ3n) is 2.92. The van der Waals surface area contributed by atoms with Gasteiger partial charge in [0.15, 0.2) is 5.71 Å². The molecule has 1 aliphatic heterocycles. The van der Waals surface area contributed by atoms with Crippen LogP contribution in [0, 0.1) is 0 Å². The summed E-state index contributed by atoms with van der Waals surface area (Å²) in [4.78, 5) is 31.9. The van der Waals surface area contributed by atoms with Crippen molar-refractivity contribution in [2.24, 2.45) is 4.99 Å². The molecule has 0 amide bonds. The number of aliphatic carboxylic acids is 2. The molecular formula is C15H15N5O4. The van der Waals surface area contributed by atoms with Gasteiger partial charge >= 0.3 is 5.97 Å². The molecule has 2 aromatic rings. The highest BCUT2D eigenvalue weighted by molar-refractivity contribution is 6.43. The molecule has 0 saturated carbocycles. The predicted octanol–water partition coefficient (Wildman–Crippen LogP) is 1.28. The predicted molar refractivity (Wildman–Crippen MR) is 87.4 cm³/mol. The molecule has 0 radical (unpaired) electrons. The number of nitrogen functional groups attached to an aromatic ring is 1. The summed E-state index contributed by atoms with van der Waals surface area (Å²) in [7, 11) is 0. The number of nitrogens with two attached hydrogens (primary N) is 1. The maximum absolute atomic E-state index is 11.1. The number of hydrogen-bond donors (Lipinski definition) is 4. The minimum Gasteiger partial charge on any atom is -0.481 e. The number of carboxylic acid groups (broad SMARTS) is 2. The Morgan fingerprint density at radius 3 is 2.58 bits per heavy atom. The number of hydrogen-bond acceptors (Lipinski definition) is 7. The fraction of sp³-hybridized carbons (Fsp3) is 0.133. The van der Waals surface area contributed by atoms with Gasteiger partial charge in [-0.1, -0.05) is 6.07 Å². The first-order valence-corrected chi connectivity index (χ1v) is 6.83. The smallest absolute Gasteiger partial charge is 0.354 e. The monoisotopic (exact) mass is 329 g/mol. The van der Waals surface area contributed by atoms with Crippen molar-refractivity contribution < 1.29 is 19.8 Å². The van der Waals surface area contributed by atoms with Crippen molar-refractivity contribution >= 4 is 35.1 Å². The van der Waals surface area contributed by atoms with Gasteiger partial charge in [0.25, 0.3) is 5.97 Å². The van der Waals surface area contributed by atoms with E-state index in [2.05, 4.69) is 20.3 Å². The van der Waals surface area contributed by atoms with Crippen molar-refractivity contribution in [3.8, 4) is 0 Å². The summed E-state index contributed by atoms with van der Waals surface area (Å²) in [6.45, 7) is 1.48. The largest absolute Gasteiger partial charge is 0.481 e. The van der Waals surface area contributed by atoms with Crippen LogP contribution in [0.2, 0.25) is 0 Å². The van der Waals surface area contributed by atoms with E-state index in [4.69, 9.17) is 20.7 Å². The van der Waals surface area contributed by atoms with E-state index in [1.165, 1.54) is 0 Å². The molecule has 0 spiro atoms. The van der Waals surface area contributed by atoms with E-state index in [0.717, 1.165) is 18.2 Å². The number of anilines is 3. The molecule has 2 heterocycles. The van der Waals surface area contributed by atoms with Crippen molar-refractivity contribution in [1.82, 2.24) is 9.97 Å². The van der Waals surface area contributed by atoms with E-state index in [1.54, 1.807) is 18.3 Å². The number of rotatable bonds is 3. The molecule has 0 bridgehead atoms. The molecule has 1 aromatic heterocycles. The van der Waals surface area contributed by atoms with E-state index in [1.807, 2.05) is 12.1 Å². The second kappa shape index (κ2) is 7.18. The fourth-order valence-corrected chi connectivity index (χ4v) is 2.04. The Kier molecular flexibility index (Phi) is 5.05. The zero-order chi connectivity index (χ0) is 17.7. The van der Waals surface area contributed by atoms with Crippen LogP contribution in [0.15, 0.2) is 35.5 Å². The van der Waals surface area contributed by atoms with Crippen LogP contribution < -0.4 is 11.1 Å². The number of aromatic nitrogens is 2. The second-order valence-electron chi connectivity index (χ2n) is 4.79. The molecule has 1 aliphatic rings. The lowest BCUT2D eigenvalue weighted by Crippen LogP contribution is -2.12. The second-order valence-corrected chi connectivity index (χ2v) is 4.79. The summed E-state index contributed by atoms with van der Waals surface area (Å²) in [5.74, 6) is -1.14. The molecule has 0 saturated heterocycles. The Morgan fingerprint density at radius 1 is 1.25 bits per heavy atom. The zero-order valence-electron chi connectivity index (χ0n) is 12.7. The van der Waals surface area contributed by atoms with Crippen molar-refractivity contribution in [2.75, 3.05) is 11.1 Å². The molecule has 124 valence electrons. The first kappa shape index (κ1) is 16.9. The maximum Gasteiger partial charge on any atom is 0.354 e. The lowest BCUT2D eigenvalue weighted by molar-refractivity contribution is -0.134. The van der Waals surface area contributed by atoms with Gasteiger partial charge in [-0.3, -0.25) is 9.79 Å². The lowest BCUT2D eigenvalue weighted by atomic mass is 10.0. The molecule has 0 aliphatic carbocycles. The zero-order valence-corrected chi connectivity index (χ0v) is 12.7. The third kappa shape index (κ3) is 4.26. The molecule has 1 aromatic carbocycles. The summed E-state index contributed by atoms with van der Waals surface area (Å²) < 4.78 is 0. The maximum atomic E-state index is 11.1. The Bertz CT molecular complexity index is 815. The van der Waals surface area contributed by atoms with Gasteiger partial charge in [-0.2, -0.15) is 4.98 Å². The molecule has 5 N–H and O–H groups in total. The summed E-state index contributed by atoms with van der Waals surface area (Å²) in [6, 6.07) is 7.11. The van der Waals surface area contributed by atoms with Crippen LogP contribution in [0.4, 0.5) is 17.5 Å². The Morgan fingerprint density at radius 2 is 1.96 bits per heavy atom. The van der Waals surface area contributed by atoms with Crippen LogP contribution in [-0.2, 0) is 16.1 Å². The minimum atomic E-state index is -1.02. The van der Waals surface area contributed by atoms with E-state index in [0.29, 0.717) is 17.9 Å². The quantitative estimate of drug-likeness (QED) is 0.657. The SMILES string of the molecule is CC(=O)O.Nc1nccc(Nc2ccc3c(c2)C(C(=O)O)=NC3)n1. The summed E-state index contributed by atoms with van der Waals surface area (Å²) in [6.07, 6.45) is 1.54. The van der Waals surface area contributed by atoms with Gasteiger partial charge in [0, 0.05) is 24.4 Å². The summed E-state index contributed by atoms with van der Waals surface area (Å²) >= 11 is 0. The lowest BCUT2D eigenvalue weighted by Gasteiger charge is -2.08. The fourth-order valence-electron chi connectivity index (χ4n) is 2.04. The third-order valence-corrected chi connectivity index (χ3v) is 2.92. The number of nitrogens with one attached hydrogen (secondary N) is 1. The van der Waals surface area contributed by atoms with Crippen LogP contribution in [-0.4, -0.2) is 37.8 Å². The molecule has 9 nitrogen and oxygen atoms in total. The molecule has 0 fully saturated rings. The highest BCUT2D eigenvalue weighted by Gasteiger charge is 2.21. The van der Waals surface area contributed by atoms with Gasteiger partial charge in [-0.15, -0.1) is 0 Å². The van der Waals surface area contributed by atoms with Crippen LogP contribution in [0.5, 0.6) is 0 Å². The van der Waals surface area contributed by atoms with Gasteiger partial charge in [-0.05, 0) is 23.8 Å². The number of carbonyl (C=O) groups is 2. The van der Waals surface area contributed by atoms with Crippen LogP contribution >= 0.6 is 0 Å². The van der Waals surface area contributed by atoms with E-state index in [-0.39, 0.29) is 11.7 Å². The van der Waals surface area contributed by atoms with E-state index in [9.17, 15) is 4.79 Å². The van der Waals surface area contributed by atoms with Gasteiger partial charge in [0.1, 0.15) is 5.82 Å². The van der Waals surface area contributed by atoms with Crippen molar-refractivity contribution in [1.29, 1.82) is 0 Å². The number of carboxylic acids is 2. The molecule has 9 heteroatoms. The van der Waals surface area contributed by atoms with Crippen LogP contribution in [0.3, 0.4) is 0 Å². The average molecular weight is 329 g/mol. The van der Waals surface area contributed by atoms with Gasteiger partial charge < -0.3 is 21.3 Å². The van der Waals surface area contributed by atoms with Gasteiger partial charge in [-0.25, -0.2) is 9.78 Å². The molecular weight excluding hydrogens is 314 g/mol. The Labute approximate surface area is 136 Å². The number of nitrogens with zero attached hydrogens (tertiary/aromatic N) is 3. The normalized spacial score (nSPS) is 11.6. The number of fused-ring (bicyclic) bond motifs is 1. The van der Waals surface area contributed by atoms with Crippen molar-refractivity contribution in [2.45, 2.75) is 13.5 Å². The summed E-state index contributed by atoms with van der Waals surface area (Å²) in [5, 5.41) is 19.6. The molecule has 0 atom stereocenters. The van der Waals surface area contributed by atoms with Crippen molar-refractivity contribution in [3.63, 3.8) is 0 Å². The first-order valence-electron chi connectivity index (χ1n) is 6.83. The van der Waals surface area contributed by atoms with E-state index < -0.39 is 11.9 Å². The van der Waals surface area contributed by atoms with Gasteiger partial charge in [0.2, 0.25) is 5.95 Å². The van der Waals surface area contributed by atoms with Crippen molar-refractivity contribution in [3.05, 3.63) is 41.6 Å². The summed E-state index contributed by atoms with van der Waals surface area (Å²) in [5.41, 5.74) is 7.84. The van der Waals surface area contributed by atoms with E-state index >= 15 is 0 Å². The highest BCUT2D eigenvalue weighted by atomic mass is 16.4. The minimum absolute atomic E-state index is 0.0888. The Balaban J connectivity index is 0.000000471. The Hall–Kier alpha value is -3.49. The van der Waals surface area contributed by atoms with Crippen LogP contribution in [0.25, 0.3) is 0 Å². The number of aliphatic imine (C=N–C) groups is 1. The molecule has 24 heavy (non-hydrogen) atoms. The number of benzene rings is 1. The first-order chi connectivity index (χ1) is 11.4. The highest BCUT2D eigenvalue weighted by Crippen LogP contribution is 2.24. The molecule has 0 unspecified atom stereocenters. The molecule has 3 rings (SSSR count).